The average Bonchev–Trinajstić information content (AvgIpc) is 2.63. The van der Waals surface area contributed by atoms with Crippen LogP contribution in [0.2, 0.25) is 0 Å². The maximum absolute atomic E-state index is 13.0. The summed E-state index contributed by atoms with van der Waals surface area (Å²) in [6.07, 6.45) is 8.01. The van der Waals surface area contributed by atoms with Crippen LogP contribution in [0.5, 0.6) is 0 Å². The van der Waals surface area contributed by atoms with E-state index in [9.17, 15) is 4.79 Å². The molecule has 0 aliphatic heterocycles. The number of nitrogens with zero attached hydrogens (tertiary/aromatic N) is 3. The lowest BCUT2D eigenvalue weighted by Gasteiger charge is -2.18. The van der Waals surface area contributed by atoms with Crippen LogP contribution >= 0.6 is 0 Å². The van der Waals surface area contributed by atoms with Crippen LogP contribution in [0.4, 0.5) is 0 Å². The molecule has 4 nitrogen and oxygen atoms in total. The molecule has 0 amide bonds. The van der Waals surface area contributed by atoms with Gasteiger partial charge in [0.25, 0.3) is 5.91 Å². The number of rotatable bonds is 3. The fraction of sp³-hybridized carbons (Fsp3) is 0.381. The van der Waals surface area contributed by atoms with Gasteiger partial charge in [0.15, 0.2) is 0 Å². The van der Waals surface area contributed by atoms with Crippen LogP contribution in [0.1, 0.15) is 53.6 Å². The summed E-state index contributed by atoms with van der Waals surface area (Å²) in [5.41, 5.74) is 3.26. The molecule has 0 bridgehead atoms. The summed E-state index contributed by atoms with van der Waals surface area (Å²) in [5, 5.41) is 8.87. The fourth-order valence-corrected chi connectivity index (χ4v) is 3.30. The van der Waals surface area contributed by atoms with Crippen LogP contribution in [0.25, 0.3) is 0 Å². The molecule has 1 aromatic carbocycles. The molecule has 0 radical (unpaired) electrons. The Morgan fingerprint density at radius 2 is 2.04 bits per heavy atom. The molecular weight excluding hydrogens is 310 g/mol. The Balaban J connectivity index is 1.99. The minimum absolute atomic E-state index is 0.102. The molecule has 1 saturated carbocycles. The number of hydrogen-bond donors (Lipinski definition) is 0. The Labute approximate surface area is 148 Å². The Hall–Kier alpha value is -2.67. The Bertz CT molecular complexity index is 867. The number of hydrogen-bond acceptors (Lipinski definition) is 3. The van der Waals surface area contributed by atoms with Crippen LogP contribution in [0.15, 0.2) is 47.6 Å². The number of carbonyl (C=O) groups excluding carboxylic acids is 1. The van der Waals surface area contributed by atoms with Crippen molar-refractivity contribution in [1.82, 2.24) is 4.57 Å². The molecule has 1 aromatic heterocycles. The van der Waals surface area contributed by atoms with Gasteiger partial charge in [0.1, 0.15) is 5.49 Å². The van der Waals surface area contributed by atoms with Crippen molar-refractivity contribution in [2.45, 2.75) is 51.5 Å². The number of nitriles is 1. The highest BCUT2D eigenvalue weighted by molar-refractivity contribution is 5.96. The van der Waals surface area contributed by atoms with E-state index in [4.69, 9.17) is 10.3 Å². The highest BCUT2D eigenvalue weighted by Gasteiger charge is 2.14. The fourth-order valence-electron chi connectivity index (χ4n) is 3.30. The second-order valence-corrected chi connectivity index (χ2v) is 6.69. The van der Waals surface area contributed by atoms with Crippen LogP contribution < -0.4 is 5.49 Å². The largest absolute Gasteiger partial charge is 0.268 e. The Kier molecular flexibility index (Phi) is 5.45. The molecule has 1 aliphatic carbocycles. The first-order chi connectivity index (χ1) is 12.2. The predicted octanol–water partition coefficient (Wildman–Crippen LogP) is 3.78. The van der Waals surface area contributed by atoms with E-state index in [2.05, 4.69) is 6.07 Å². The Morgan fingerprint density at radius 3 is 2.80 bits per heavy atom. The monoisotopic (exact) mass is 333 g/mol. The standard InChI is InChI=1S/C21H23N3O/c1-16-11-13-24(20(14-16)23-19-8-3-2-4-9-19)21(25)18-7-5-6-17(15-18)10-12-22/h5-7,11,13-15,19H,2-4,8-10H2,1H3. The molecule has 0 spiro atoms. The second kappa shape index (κ2) is 7.94. The summed E-state index contributed by atoms with van der Waals surface area (Å²) in [6.45, 7) is 2.02. The van der Waals surface area contributed by atoms with Crippen molar-refractivity contribution in [2.24, 2.45) is 4.99 Å². The maximum Gasteiger partial charge on any atom is 0.263 e. The van der Waals surface area contributed by atoms with Gasteiger partial charge < -0.3 is 0 Å². The molecule has 0 unspecified atom stereocenters. The minimum atomic E-state index is -0.102. The second-order valence-electron chi connectivity index (χ2n) is 6.69. The highest BCUT2D eigenvalue weighted by Crippen LogP contribution is 2.19. The molecule has 128 valence electrons. The SMILES string of the molecule is Cc1ccn(C(=O)c2cccc(CC#N)c2)c(=NC2CCCCC2)c1. The molecule has 2 aromatic rings. The number of aryl methyl sites for hydroxylation is 1. The van der Waals surface area contributed by atoms with E-state index in [1.54, 1.807) is 22.9 Å². The van der Waals surface area contributed by atoms with Crippen molar-refractivity contribution >= 4 is 5.91 Å². The Morgan fingerprint density at radius 1 is 1.24 bits per heavy atom. The van der Waals surface area contributed by atoms with Gasteiger partial charge in [0.05, 0.1) is 18.5 Å². The number of pyridine rings is 1. The van der Waals surface area contributed by atoms with Gasteiger partial charge in [-0.15, -0.1) is 0 Å². The van der Waals surface area contributed by atoms with E-state index in [1.165, 1.54) is 19.3 Å². The van der Waals surface area contributed by atoms with Gasteiger partial charge in [0.2, 0.25) is 0 Å². The topological polar surface area (TPSA) is 58.1 Å². The minimum Gasteiger partial charge on any atom is -0.268 e. The molecule has 25 heavy (non-hydrogen) atoms. The van der Waals surface area contributed by atoms with Gasteiger partial charge in [-0.2, -0.15) is 5.26 Å². The zero-order valence-corrected chi connectivity index (χ0v) is 14.6. The highest BCUT2D eigenvalue weighted by atomic mass is 16.2. The van der Waals surface area contributed by atoms with E-state index in [0.717, 1.165) is 29.5 Å². The smallest absolute Gasteiger partial charge is 0.263 e. The third kappa shape index (κ3) is 4.24. The first-order valence-corrected chi connectivity index (χ1v) is 8.91. The van der Waals surface area contributed by atoms with Gasteiger partial charge in [0, 0.05) is 11.8 Å². The summed E-state index contributed by atoms with van der Waals surface area (Å²) in [4.78, 5) is 17.9. The van der Waals surface area contributed by atoms with E-state index in [-0.39, 0.29) is 5.91 Å². The number of aromatic nitrogens is 1. The molecule has 1 fully saturated rings. The first-order valence-electron chi connectivity index (χ1n) is 8.91. The zero-order valence-electron chi connectivity index (χ0n) is 14.6. The van der Waals surface area contributed by atoms with Gasteiger partial charge in [-0.05, 0) is 55.2 Å². The summed E-state index contributed by atoms with van der Waals surface area (Å²) in [5.74, 6) is -0.102. The first kappa shape index (κ1) is 17.2. The van der Waals surface area contributed by atoms with Gasteiger partial charge >= 0.3 is 0 Å². The lowest BCUT2D eigenvalue weighted by Crippen LogP contribution is -2.29. The van der Waals surface area contributed by atoms with Crippen molar-refractivity contribution in [3.63, 3.8) is 0 Å². The summed E-state index contributed by atoms with van der Waals surface area (Å²) in [7, 11) is 0. The van der Waals surface area contributed by atoms with E-state index in [1.807, 2.05) is 31.2 Å². The normalized spacial score (nSPS) is 15.8. The molecule has 3 rings (SSSR count). The van der Waals surface area contributed by atoms with Crippen molar-refractivity contribution in [3.05, 3.63) is 64.8 Å². The summed E-state index contributed by atoms with van der Waals surface area (Å²) >= 11 is 0. The summed E-state index contributed by atoms with van der Waals surface area (Å²) < 4.78 is 1.63. The molecule has 0 N–H and O–H groups in total. The quantitative estimate of drug-likeness (QED) is 0.858. The van der Waals surface area contributed by atoms with Gasteiger partial charge in [-0.3, -0.25) is 14.4 Å². The van der Waals surface area contributed by atoms with Crippen LogP contribution in [-0.4, -0.2) is 16.5 Å². The van der Waals surface area contributed by atoms with Crippen molar-refractivity contribution < 1.29 is 4.79 Å². The average molecular weight is 333 g/mol. The van der Waals surface area contributed by atoms with Crippen molar-refractivity contribution in [3.8, 4) is 6.07 Å². The third-order valence-electron chi connectivity index (χ3n) is 4.66. The van der Waals surface area contributed by atoms with Crippen LogP contribution in [0, 0.1) is 18.3 Å². The van der Waals surface area contributed by atoms with Gasteiger partial charge in [-0.1, -0.05) is 31.4 Å². The third-order valence-corrected chi connectivity index (χ3v) is 4.66. The molecule has 4 heteroatoms. The molecule has 1 aliphatic rings. The molecule has 1 heterocycles. The predicted molar refractivity (Wildman–Crippen MR) is 97.1 cm³/mol. The van der Waals surface area contributed by atoms with E-state index < -0.39 is 0 Å². The number of carbonyl (C=O) groups is 1. The number of benzene rings is 1. The van der Waals surface area contributed by atoms with Gasteiger partial charge in [-0.25, -0.2) is 0 Å². The van der Waals surface area contributed by atoms with Crippen LogP contribution in [0.3, 0.4) is 0 Å². The van der Waals surface area contributed by atoms with Crippen molar-refractivity contribution in [2.75, 3.05) is 0 Å². The summed E-state index contributed by atoms with van der Waals surface area (Å²) in [6, 6.07) is 13.6. The lowest BCUT2D eigenvalue weighted by atomic mass is 9.96. The maximum atomic E-state index is 13.0. The van der Waals surface area contributed by atoms with Crippen LogP contribution in [-0.2, 0) is 6.42 Å². The van der Waals surface area contributed by atoms with E-state index in [0.29, 0.717) is 18.0 Å². The lowest BCUT2D eigenvalue weighted by molar-refractivity contribution is 0.0954. The molecular formula is C21H23N3O. The molecule has 0 atom stereocenters. The molecule has 0 saturated heterocycles. The van der Waals surface area contributed by atoms with Crippen molar-refractivity contribution in [1.29, 1.82) is 5.26 Å². The van der Waals surface area contributed by atoms with E-state index >= 15 is 0 Å². The zero-order chi connectivity index (χ0) is 17.6.